The van der Waals surface area contributed by atoms with Gasteiger partial charge in [0.1, 0.15) is 10.7 Å². The number of alkyl halides is 3. The summed E-state index contributed by atoms with van der Waals surface area (Å²) in [5.74, 6) is -1.26. The molecule has 21 heavy (non-hydrogen) atoms. The number of hydrogen-bond donors (Lipinski definition) is 1. The van der Waals surface area contributed by atoms with Crippen molar-refractivity contribution in [2.45, 2.75) is 22.4 Å². The second-order valence-corrected chi connectivity index (χ2v) is 7.88. The van der Waals surface area contributed by atoms with Gasteiger partial charge in [-0.1, -0.05) is 0 Å². The SMILES string of the molecule is CS(=O)(=O)c1ccc(F)c(S(=O)(=O)NCCC(F)(F)F)c1. The third-order valence-corrected chi connectivity index (χ3v) is 4.91. The van der Waals surface area contributed by atoms with Crippen molar-refractivity contribution >= 4 is 19.9 Å². The maximum absolute atomic E-state index is 13.5. The molecule has 120 valence electrons. The third-order valence-electron chi connectivity index (χ3n) is 2.32. The van der Waals surface area contributed by atoms with Crippen molar-refractivity contribution in [1.29, 1.82) is 0 Å². The number of rotatable bonds is 5. The fourth-order valence-corrected chi connectivity index (χ4v) is 3.18. The Kier molecular flexibility index (Phi) is 5.01. The van der Waals surface area contributed by atoms with Gasteiger partial charge in [-0.25, -0.2) is 25.9 Å². The van der Waals surface area contributed by atoms with E-state index in [4.69, 9.17) is 0 Å². The van der Waals surface area contributed by atoms with Crippen LogP contribution in [0.4, 0.5) is 17.6 Å². The molecule has 11 heteroatoms. The average molecular weight is 349 g/mol. The van der Waals surface area contributed by atoms with Crippen LogP contribution in [0.1, 0.15) is 6.42 Å². The first-order valence-corrected chi connectivity index (χ1v) is 8.76. The van der Waals surface area contributed by atoms with E-state index in [-0.39, 0.29) is 0 Å². The van der Waals surface area contributed by atoms with Crippen molar-refractivity contribution in [3.05, 3.63) is 24.0 Å². The quantitative estimate of drug-likeness (QED) is 0.645. The van der Waals surface area contributed by atoms with Crippen molar-refractivity contribution in [2.24, 2.45) is 0 Å². The molecule has 0 bridgehead atoms. The molecule has 0 amide bonds. The summed E-state index contributed by atoms with van der Waals surface area (Å²) in [4.78, 5) is -1.48. The van der Waals surface area contributed by atoms with Crippen LogP contribution in [0, 0.1) is 5.82 Å². The molecule has 0 aromatic heterocycles. The van der Waals surface area contributed by atoms with Gasteiger partial charge in [-0.05, 0) is 18.2 Å². The summed E-state index contributed by atoms with van der Waals surface area (Å²) < 4.78 is 96.9. The number of sulfone groups is 1. The maximum Gasteiger partial charge on any atom is 0.390 e. The highest BCUT2D eigenvalue weighted by molar-refractivity contribution is 7.91. The lowest BCUT2D eigenvalue weighted by atomic mass is 10.3. The Hall–Kier alpha value is -1.20. The normalized spacial score (nSPS) is 13.4. The zero-order valence-electron chi connectivity index (χ0n) is 10.6. The Labute approximate surface area is 118 Å². The smallest absolute Gasteiger partial charge is 0.224 e. The van der Waals surface area contributed by atoms with E-state index < -0.39 is 54.6 Å². The average Bonchev–Trinajstić information content (AvgIpc) is 2.25. The Morgan fingerprint density at radius 1 is 1.14 bits per heavy atom. The first kappa shape index (κ1) is 17.9. The molecule has 0 aliphatic carbocycles. The van der Waals surface area contributed by atoms with E-state index in [1.165, 1.54) is 0 Å². The van der Waals surface area contributed by atoms with Gasteiger partial charge in [0.05, 0.1) is 11.3 Å². The van der Waals surface area contributed by atoms with Gasteiger partial charge in [0.15, 0.2) is 9.84 Å². The van der Waals surface area contributed by atoms with Gasteiger partial charge in [-0.3, -0.25) is 0 Å². The van der Waals surface area contributed by atoms with Gasteiger partial charge >= 0.3 is 6.18 Å². The van der Waals surface area contributed by atoms with E-state index in [1.54, 1.807) is 4.72 Å². The lowest BCUT2D eigenvalue weighted by molar-refractivity contribution is -0.132. The first-order chi connectivity index (χ1) is 9.33. The number of benzene rings is 1. The lowest BCUT2D eigenvalue weighted by Gasteiger charge is -2.10. The second-order valence-electron chi connectivity index (χ2n) is 4.13. The lowest BCUT2D eigenvalue weighted by Crippen LogP contribution is -2.28. The van der Waals surface area contributed by atoms with Crippen molar-refractivity contribution < 1.29 is 34.4 Å². The maximum atomic E-state index is 13.5. The highest BCUT2D eigenvalue weighted by Crippen LogP contribution is 2.21. The predicted octanol–water partition coefficient (Wildman–Crippen LogP) is 1.46. The van der Waals surface area contributed by atoms with Crippen molar-refractivity contribution in [3.8, 4) is 0 Å². The minimum Gasteiger partial charge on any atom is -0.224 e. The summed E-state index contributed by atoms with van der Waals surface area (Å²) in [7, 11) is -8.37. The molecule has 1 aromatic rings. The van der Waals surface area contributed by atoms with Crippen LogP contribution >= 0.6 is 0 Å². The van der Waals surface area contributed by atoms with Crippen LogP contribution in [0.15, 0.2) is 28.0 Å². The van der Waals surface area contributed by atoms with E-state index in [9.17, 15) is 34.4 Å². The molecule has 0 unspecified atom stereocenters. The molecule has 0 saturated carbocycles. The summed E-state index contributed by atoms with van der Waals surface area (Å²) in [6.45, 7) is -0.978. The highest BCUT2D eigenvalue weighted by Gasteiger charge is 2.28. The molecular weight excluding hydrogens is 338 g/mol. The van der Waals surface area contributed by atoms with Crippen molar-refractivity contribution in [1.82, 2.24) is 4.72 Å². The molecule has 0 spiro atoms. The molecule has 0 atom stereocenters. The molecule has 1 rings (SSSR count). The molecule has 1 N–H and O–H groups in total. The van der Waals surface area contributed by atoms with Gasteiger partial charge in [0.25, 0.3) is 0 Å². The van der Waals surface area contributed by atoms with Gasteiger partial charge in [-0.15, -0.1) is 0 Å². The van der Waals surface area contributed by atoms with Crippen molar-refractivity contribution in [2.75, 3.05) is 12.8 Å². The van der Waals surface area contributed by atoms with Crippen LogP contribution < -0.4 is 4.72 Å². The van der Waals surface area contributed by atoms with Crippen molar-refractivity contribution in [3.63, 3.8) is 0 Å². The van der Waals surface area contributed by atoms with Gasteiger partial charge in [-0.2, -0.15) is 13.2 Å². The van der Waals surface area contributed by atoms with Gasteiger partial charge < -0.3 is 0 Å². The monoisotopic (exact) mass is 349 g/mol. The summed E-state index contributed by atoms with van der Waals surface area (Å²) in [6, 6.07) is 2.04. The van der Waals surface area contributed by atoms with Crippen LogP contribution in [-0.4, -0.2) is 35.8 Å². The number of sulfonamides is 1. The molecular formula is C10H11F4NO4S2. The molecule has 0 radical (unpaired) electrons. The molecule has 0 aliphatic heterocycles. The third kappa shape index (κ3) is 5.25. The topological polar surface area (TPSA) is 80.3 Å². The molecule has 1 aromatic carbocycles. The molecule has 5 nitrogen and oxygen atoms in total. The summed E-state index contributed by atoms with van der Waals surface area (Å²) >= 11 is 0. The van der Waals surface area contributed by atoms with E-state index in [0.717, 1.165) is 12.3 Å². The largest absolute Gasteiger partial charge is 0.390 e. The zero-order valence-corrected chi connectivity index (χ0v) is 12.2. The van der Waals surface area contributed by atoms with Crippen LogP contribution in [0.5, 0.6) is 0 Å². The van der Waals surface area contributed by atoms with Gasteiger partial charge in [0.2, 0.25) is 10.0 Å². The Morgan fingerprint density at radius 3 is 2.19 bits per heavy atom. The summed E-state index contributed by atoms with van der Waals surface area (Å²) in [6.07, 6.45) is -5.22. The van der Waals surface area contributed by atoms with Crippen LogP contribution in [0.3, 0.4) is 0 Å². The fraction of sp³-hybridized carbons (Fsp3) is 0.400. The standard InChI is InChI=1S/C10H11F4NO4S2/c1-20(16,17)7-2-3-8(11)9(6-7)21(18,19)15-5-4-10(12,13)14/h2-3,6,15H,4-5H2,1H3. The van der Waals surface area contributed by atoms with Gasteiger partial charge in [0, 0.05) is 12.8 Å². The molecule has 0 fully saturated rings. The Morgan fingerprint density at radius 2 is 1.71 bits per heavy atom. The van der Waals surface area contributed by atoms with E-state index in [0.29, 0.717) is 12.1 Å². The second kappa shape index (κ2) is 5.89. The molecule has 0 aliphatic rings. The van der Waals surface area contributed by atoms with E-state index >= 15 is 0 Å². The molecule has 0 heterocycles. The summed E-state index contributed by atoms with van der Waals surface area (Å²) in [5.41, 5.74) is 0. The van der Waals surface area contributed by atoms with E-state index in [1.807, 2.05) is 0 Å². The highest BCUT2D eigenvalue weighted by atomic mass is 32.2. The Bertz CT molecular complexity index is 726. The number of hydrogen-bond acceptors (Lipinski definition) is 4. The first-order valence-electron chi connectivity index (χ1n) is 5.39. The Balaban J connectivity index is 3.08. The van der Waals surface area contributed by atoms with E-state index in [2.05, 4.69) is 0 Å². The molecule has 0 saturated heterocycles. The number of nitrogens with one attached hydrogen (secondary N) is 1. The minimum absolute atomic E-state index is 0.458. The van der Waals surface area contributed by atoms with Crippen LogP contribution in [-0.2, 0) is 19.9 Å². The van der Waals surface area contributed by atoms with Crippen LogP contribution in [0.25, 0.3) is 0 Å². The minimum atomic E-state index is -4.59. The zero-order chi connectivity index (χ0) is 16.5. The fourth-order valence-electron chi connectivity index (χ4n) is 1.33. The number of halogens is 4. The summed E-state index contributed by atoms with van der Waals surface area (Å²) in [5, 5.41) is 0. The predicted molar refractivity (Wildman–Crippen MR) is 65.4 cm³/mol. The van der Waals surface area contributed by atoms with Crippen LogP contribution in [0.2, 0.25) is 0 Å².